The lowest BCUT2D eigenvalue weighted by Crippen LogP contribution is -2.22. The van der Waals surface area contributed by atoms with E-state index in [0.29, 0.717) is 23.2 Å². The number of oxazole rings is 1. The second-order valence-electron chi connectivity index (χ2n) is 5.93. The van der Waals surface area contributed by atoms with Gasteiger partial charge >= 0.3 is 0 Å². The molecule has 1 aromatic carbocycles. The third kappa shape index (κ3) is 5.19. The first kappa shape index (κ1) is 18.7. The summed E-state index contributed by atoms with van der Waals surface area (Å²) < 4.78 is 6.62. The van der Waals surface area contributed by atoms with Crippen LogP contribution in [-0.4, -0.2) is 15.9 Å². The third-order valence-electron chi connectivity index (χ3n) is 3.83. The first-order valence-electron chi connectivity index (χ1n) is 8.51. The van der Waals surface area contributed by atoms with E-state index in [2.05, 4.69) is 15.3 Å². The Balaban J connectivity index is 1.50. The summed E-state index contributed by atoms with van der Waals surface area (Å²) in [4.78, 5) is 20.9. The van der Waals surface area contributed by atoms with Gasteiger partial charge in [0, 0.05) is 12.3 Å². The molecule has 0 radical (unpaired) electrons. The molecule has 2 heterocycles. The number of aryl methyl sites for hydroxylation is 1. The zero-order valence-electron chi connectivity index (χ0n) is 14.8. The molecule has 7 heteroatoms. The van der Waals surface area contributed by atoms with Gasteiger partial charge in [-0.15, -0.1) is 11.8 Å². The fourth-order valence-electron chi connectivity index (χ4n) is 2.38. The van der Waals surface area contributed by atoms with Crippen LogP contribution in [0.2, 0.25) is 0 Å². The topological polar surface area (TPSA) is 68.0 Å². The van der Waals surface area contributed by atoms with Gasteiger partial charge in [-0.1, -0.05) is 55.5 Å². The number of carbonyl (C=O) groups is 1. The highest BCUT2D eigenvalue weighted by Crippen LogP contribution is 2.30. The zero-order chi connectivity index (χ0) is 18.4. The largest absolute Gasteiger partial charge is 0.445 e. The lowest BCUT2D eigenvalue weighted by Gasteiger charge is -2.10. The molecule has 1 unspecified atom stereocenters. The molecule has 0 spiro atoms. The number of rotatable bonds is 8. The van der Waals surface area contributed by atoms with Crippen molar-refractivity contribution in [2.75, 3.05) is 5.32 Å². The van der Waals surface area contributed by atoms with E-state index in [1.807, 2.05) is 44.2 Å². The second-order valence-corrected chi connectivity index (χ2v) is 8.23. The van der Waals surface area contributed by atoms with Crippen molar-refractivity contribution in [2.45, 2.75) is 36.7 Å². The molecule has 0 saturated heterocycles. The van der Waals surface area contributed by atoms with Crippen LogP contribution in [0, 0.1) is 5.92 Å². The number of hydrogen-bond donors (Lipinski definition) is 1. The molecule has 0 aliphatic carbocycles. The van der Waals surface area contributed by atoms with Crippen LogP contribution in [0.4, 0.5) is 5.13 Å². The van der Waals surface area contributed by atoms with E-state index in [1.165, 1.54) is 11.3 Å². The quantitative estimate of drug-likeness (QED) is 0.562. The maximum absolute atomic E-state index is 12.4. The maximum atomic E-state index is 12.4. The Labute approximate surface area is 161 Å². The Morgan fingerprint density at radius 1 is 1.27 bits per heavy atom. The molecule has 0 aliphatic heterocycles. The first-order valence-corrected chi connectivity index (χ1v) is 10.3. The van der Waals surface area contributed by atoms with Gasteiger partial charge in [0.2, 0.25) is 11.8 Å². The molecule has 0 fully saturated rings. The number of nitrogens with one attached hydrogen (secondary N) is 1. The summed E-state index contributed by atoms with van der Waals surface area (Å²) in [6.07, 6.45) is 5.10. The van der Waals surface area contributed by atoms with Crippen molar-refractivity contribution < 1.29 is 9.21 Å². The summed E-state index contributed by atoms with van der Waals surface area (Å²) in [5.74, 6) is 2.13. The molecule has 3 aromatic rings. The summed E-state index contributed by atoms with van der Waals surface area (Å²) >= 11 is 3.07. The Kier molecular flexibility index (Phi) is 6.46. The number of thioether (sulfide) groups is 1. The van der Waals surface area contributed by atoms with Crippen LogP contribution in [0.5, 0.6) is 0 Å². The van der Waals surface area contributed by atoms with E-state index in [-0.39, 0.29) is 11.8 Å². The molecule has 0 saturated carbocycles. The van der Waals surface area contributed by atoms with E-state index in [4.69, 9.17) is 4.42 Å². The fraction of sp³-hybridized carbons (Fsp3) is 0.316. The minimum Gasteiger partial charge on any atom is -0.445 e. The minimum absolute atomic E-state index is 0.0139. The SMILES string of the molecule is CCc1cnc(CSc2cnc(NC(=O)C(C)Cc3ccccc3)s2)o1. The standard InChI is InChI=1S/C19H21N3O2S2/c1-3-15-10-20-16(24-15)12-25-17-11-21-19(26-17)22-18(23)13(2)9-14-7-5-4-6-8-14/h4-8,10-11,13H,3,9,12H2,1-2H3,(H,21,22,23). The number of carbonyl (C=O) groups excluding carboxylic acids is 1. The van der Waals surface area contributed by atoms with Crippen LogP contribution in [0.15, 0.2) is 51.4 Å². The second kappa shape index (κ2) is 9.00. The number of thiazole rings is 1. The molecule has 3 rings (SSSR count). The van der Waals surface area contributed by atoms with E-state index in [1.54, 1.807) is 24.2 Å². The molecule has 1 amide bonds. The molecule has 0 bridgehead atoms. The molecule has 1 atom stereocenters. The molecule has 136 valence electrons. The highest BCUT2D eigenvalue weighted by molar-refractivity contribution is 8.00. The highest BCUT2D eigenvalue weighted by Gasteiger charge is 2.15. The van der Waals surface area contributed by atoms with Crippen molar-refractivity contribution in [3.05, 3.63) is 59.9 Å². The molecule has 1 N–H and O–H groups in total. The van der Waals surface area contributed by atoms with Crippen LogP contribution in [0.25, 0.3) is 0 Å². The van der Waals surface area contributed by atoms with Gasteiger partial charge in [-0.05, 0) is 12.0 Å². The van der Waals surface area contributed by atoms with E-state index in [9.17, 15) is 4.79 Å². The molecule has 5 nitrogen and oxygen atoms in total. The summed E-state index contributed by atoms with van der Waals surface area (Å²) in [5.41, 5.74) is 1.16. The van der Waals surface area contributed by atoms with Crippen molar-refractivity contribution in [3.8, 4) is 0 Å². The molecule has 0 aliphatic rings. The van der Waals surface area contributed by atoms with Gasteiger partial charge in [-0.2, -0.15) is 0 Å². The predicted molar refractivity (Wildman–Crippen MR) is 105 cm³/mol. The Bertz CT molecular complexity index is 845. The molecule has 2 aromatic heterocycles. The van der Waals surface area contributed by atoms with Crippen molar-refractivity contribution >= 4 is 34.1 Å². The van der Waals surface area contributed by atoms with E-state index < -0.39 is 0 Å². The van der Waals surface area contributed by atoms with Gasteiger partial charge in [0.25, 0.3) is 0 Å². The number of aromatic nitrogens is 2. The van der Waals surface area contributed by atoms with Gasteiger partial charge in [0.1, 0.15) is 5.76 Å². The van der Waals surface area contributed by atoms with Crippen molar-refractivity contribution in [3.63, 3.8) is 0 Å². The van der Waals surface area contributed by atoms with Crippen LogP contribution in [0.1, 0.15) is 31.1 Å². The molecular formula is C19H21N3O2S2. The van der Waals surface area contributed by atoms with Crippen molar-refractivity contribution in [1.82, 2.24) is 9.97 Å². The van der Waals surface area contributed by atoms with Crippen LogP contribution in [0.3, 0.4) is 0 Å². The lowest BCUT2D eigenvalue weighted by molar-refractivity contribution is -0.119. The number of hydrogen-bond acceptors (Lipinski definition) is 6. The Morgan fingerprint density at radius 2 is 2.08 bits per heavy atom. The smallest absolute Gasteiger partial charge is 0.229 e. The number of benzene rings is 1. The molecule has 26 heavy (non-hydrogen) atoms. The van der Waals surface area contributed by atoms with Gasteiger partial charge in [-0.25, -0.2) is 9.97 Å². The van der Waals surface area contributed by atoms with Gasteiger partial charge < -0.3 is 9.73 Å². The average molecular weight is 388 g/mol. The van der Waals surface area contributed by atoms with E-state index in [0.717, 1.165) is 22.0 Å². The summed E-state index contributed by atoms with van der Waals surface area (Å²) in [6, 6.07) is 10.0. The summed E-state index contributed by atoms with van der Waals surface area (Å²) in [5, 5.41) is 3.53. The van der Waals surface area contributed by atoms with Gasteiger partial charge in [0.05, 0.1) is 22.4 Å². The normalized spacial score (nSPS) is 12.1. The highest BCUT2D eigenvalue weighted by atomic mass is 32.2. The first-order chi connectivity index (χ1) is 12.6. The van der Waals surface area contributed by atoms with Crippen molar-refractivity contribution in [2.24, 2.45) is 5.92 Å². The monoisotopic (exact) mass is 387 g/mol. The zero-order valence-corrected chi connectivity index (χ0v) is 16.4. The summed E-state index contributed by atoms with van der Waals surface area (Å²) in [6.45, 7) is 3.97. The number of anilines is 1. The third-order valence-corrected chi connectivity index (χ3v) is 5.93. The van der Waals surface area contributed by atoms with Crippen LogP contribution >= 0.6 is 23.1 Å². The maximum Gasteiger partial charge on any atom is 0.229 e. The number of nitrogens with zero attached hydrogens (tertiary/aromatic N) is 2. The van der Waals surface area contributed by atoms with Crippen LogP contribution < -0.4 is 5.32 Å². The Morgan fingerprint density at radius 3 is 2.81 bits per heavy atom. The Hall–Kier alpha value is -2.12. The van der Waals surface area contributed by atoms with Gasteiger partial charge in [-0.3, -0.25) is 4.79 Å². The number of amides is 1. The van der Waals surface area contributed by atoms with Crippen LogP contribution in [-0.2, 0) is 23.4 Å². The fourth-order valence-corrected chi connectivity index (χ4v) is 4.11. The molecular weight excluding hydrogens is 366 g/mol. The predicted octanol–water partition coefficient (Wildman–Crippen LogP) is 4.80. The minimum atomic E-state index is -0.114. The van der Waals surface area contributed by atoms with Gasteiger partial charge in [0.15, 0.2) is 5.13 Å². The summed E-state index contributed by atoms with van der Waals surface area (Å²) in [7, 11) is 0. The van der Waals surface area contributed by atoms with Crippen molar-refractivity contribution in [1.29, 1.82) is 0 Å². The van der Waals surface area contributed by atoms with E-state index >= 15 is 0 Å². The lowest BCUT2D eigenvalue weighted by atomic mass is 10.0. The average Bonchev–Trinajstić information content (AvgIpc) is 3.29.